The fourth-order valence-corrected chi connectivity index (χ4v) is 9.10. The Morgan fingerprint density at radius 3 is 2.48 bits per heavy atom. The first kappa shape index (κ1) is 37.8. The highest BCUT2D eigenvalue weighted by atomic mass is 16.7. The molecule has 7 rings (SSSR count). The molecule has 2 bridgehead atoms. The Labute approximate surface area is 309 Å². The van der Waals surface area contributed by atoms with Crippen molar-refractivity contribution >= 4 is 17.5 Å². The number of ether oxygens (including phenoxy) is 1. The number of hydrogen-bond donors (Lipinski definition) is 4. The molecule has 5 N–H and O–H groups in total. The number of aliphatic hydroxyl groups excluding tert-OH is 1. The maximum atomic E-state index is 14.3. The highest BCUT2D eigenvalue weighted by Gasteiger charge is 2.57. The molecule has 0 aromatic heterocycles. The zero-order valence-electron chi connectivity index (χ0n) is 31.8. The lowest BCUT2D eigenvalue weighted by Crippen LogP contribution is -2.62. The van der Waals surface area contributed by atoms with Gasteiger partial charge in [-0.25, -0.2) is 0 Å². The van der Waals surface area contributed by atoms with Crippen molar-refractivity contribution in [1.29, 1.82) is 0 Å². The fourth-order valence-electron chi connectivity index (χ4n) is 9.10. The van der Waals surface area contributed by atoms with Gasteiger partial charge >= 0.3 is 0 Å². The quantitative estimate of drug-likeness (QED) is 0.195. The lowest BCUT2D eigenvalue weighted by molar-refractivity contribution is -0.175. The molecular weight excluding hydrogens is 654 g/mol. The summed E-state index contributed by atoms with van der Waals surface area (Å²) < 4.78 is 6.08. The van der Waals surface area contributed by atoms with E-state index in [9.17, 15) is 14.7 Å². The molecule has 10 heteroatoms. The minimum absolute atomic E-state index is 0.0734. The molecule has 3 aliphatic carbocycles. The summed E-state index contributed by atoms with van der Waals surface area (Å²) >= 11 is 0. The molecule has 0 spiro atoms. The van der Waals surface area contributed by atoms with Gasteiger partial charge in [-0.05, 0) is 78.7 Å². The monoisotopic (exact) mass is 711 g/mol. The van der Waals surface area contributed by atoms with Gasteiger partial charge in [-0.2, -0.15) is 5.06 Å². The lowest BCUT2D eigenvalue weighted by atomic mass is 9.45. The van der Waals surface area contributed by atoms with E-state index in [0.29, 0.717) is 41.0 Å². The number of benzene rings is 3. The Kier molecular flexibility index (Phi) is 11.3. The average molecular weight is 712 g/mol. The smallest absolute Gasteiger partial charge is 0.251 e. The number of hydrogen-bond acceptors (Lipinski definition) is 8. The van der Waals surface area contributed by atoms with Crippen molar-refractivity contribution in [3.63, 3.8) is 0 Å². The van der Waals surface area contributed by atoms with Crippen LogP contribution < -0.4 is 26.0 Å². The molecular formula is C42H57N5O5. The third-order valence-corrected chi connectivity index (χ3v) is 12.3. The molecule has 4 fully saturated rings. The van der Waals surface area contributed by atoms with Crippen molar-refractivity contribution < 1.29 is 24.3 Å². The van der Waals surface area contributed by atoms with Crippen LogP contribution in [0.2, 0.25) is 0 Å². The molecule has 52 heavy (non-hydrogen) atoms. The number of nitrogens with one attached hydrogen (secondary N) is 2. The number of anilines is 1. The van der Waals surface area contributed by atoms with Gasteiger partial charge in [0.2, 0.25) is 5.91 Å². The molecule has 0 radical (unpaired) electrons. The zero-order chi connectivity index (χ0) is 37.3. The summed E-state index contributed by atoms with van der Waals surface area (Å²) in [4.78, 5) is 36.1. The van der Waals surface area contributed by atoms with Crippen molar-refractivity contribution in [1.82, 2.24) is 15.7 Å². The van der Waals surface area contributed by atoms with Crippen LogP contribution in [-0.4, -0.2) is 80.6 Å². The minimum atomic E-state index is -0.815. The molecule has 3 aromatic carbocycles. The van der Waals surface area contributed by atoms with Crippen molar-refractivity contribution in [3.05, 3.63) is 83.4 Å². The van der Waals surface area contributed by atoms with Crippen LogP contribution in [0, 0.1) is 29.1 Å². The van der Waals surface area contributed by atoms with Gasteiger partial charge in [-0.3, -0.25) is 14.4 Å². The fraction of sp³-hybridized carbons (Fsp3) is 0.524. The topological polar surface area (TPSA) is 129 Å². The molecule has 280 valence electrons. The largest absolute Gasteiger partial charge is 0.496 e. The van der Waals surface area contributed by atoms with Crippen LogP contribution >= 0.6 is 0 Å². The summed E-state index contributed by atoms with van der Waals surface area (Å²) in [6, 6.07) is 21.1. The highest BCUT2D eigenvalue weighted by Crippen LogP contribution is 2.61. The molecule has 1 saturated heterocycles. The van der Waals surface area contributed by atoms with Crippen molar-refractivity contribution in [3.8, 4) is 16.9 Å². The van der Waals surface area contributed by atoms with Crippen LogP contribution in [-0.2, 0) is 22.6 Å². The Balaban J connectivity index is 1.26. The van der Waals surface area contributed by atoms with Gasteiger partial charge in [-0.15, -0.1) is 0 Å². The van der Waals surface area contributed by atoms with Crippen molar-refractivity contribution in [2.45, 2.75) is 77.8 Å². The normalized spacial score (nSPS) is 27.0. The van der Waals surface area contributed by atoms with E-state index in [4.69, 9.17) is 15.3 Å². The third-order valence-electron chi connectivity index (χ3n) is 12.3. The van der Waals surface area contributed by atoms with Gasteiger partial charge < -0.3 is 31.1 Å². The number of carbonyl (C=O) groups excluding carboxylic acids is 2. The number of rotatable bonds is 13. The van der Waals surface area contributed by atoms with Crippen LogP contribution in [0.1, 0.15) is 62.0 Å². The molecule has 1 aliphatic heterocycles. The first-order valence-electron chi connectivity index (χ1n) is 18.8. The summed E-state index contributed by atoms with van der Waals surface area (Å²) in [5, 5.41) is 19.1. The number of hydroxylamine groups is 2. The molecule has 10 nitrogen and oxygen atoms in total. The summed E-state index contributed by atoms with van der Waals surface area (Å²) in [6.07, 6.45) is 1.57. The van der Waals surface area contributed by atoms with Gasteiger partial charge in [0.15, 0.2) is 0 Å². The SMILES string of the molecule is COc1c(CN2O[C@@H](CN)[C@@H]([C@H](C)O)[C@H]2C(=O)NC2C[C@H]3C[C@@H]([C@@H]2C)C3(C)C)cccc1-c1cc(C(=O)NCCc2ccccc2)cc(N(C)C)c1. The van der Waals surface area contributed by atoms with E-state index in [-0.39, 0.29) is 30.9 Å². The number of fused-ring (bicyclic) bond motifs is 2. The first-order valence-corrected chi connectivity index (χ1v) is 18.8. The van der Waals surface area contributed by atoms with Crippen LogP contribution in [0.5, 0.6) is 5.75 Å². The third kappa shape index (κ3) is 7.44. The highest BCUT2D eigenvalue weighted by molar-refractivity contribution is 5.97. The Morgan fingerprint density at radius 2 is 1.85 bits per heavy atom. The molecule has 1 unspecified atom stereocenters. The molecule has 8 atom stereocenters. The maximum absolute atomic E-state index is 14.3. The molecule has 1 heterocycles. The predicted molar refractivity (Wildman–Crippen MR) is 205 cm³/mol. The number of aliphatic hydroxyl groups is 1. The Bertz CT molecular complexity index is 1730. The van der Waals surface area contributed by atoms with E-state index in [0.717, 1.165) is 40.8 Å². The Morgan fingerprint density at radius 1 is 1.10 bits per heavy atom. The van der Waals surface area contributed by atoms with Crippen molar-refractivity contribution in [2.24, 2.45) is 34.8 Å². The molecule has 4 aliphatic rings. The minimum Gasteiger partial charge on any atom is -0.496 e. The van der Waals surface area contributed by atoms with Crippen LogP contribution in [0.25, 0.3) is 11.1 Å². The van der Waals surface area contributed by atoms with E-state index in [1.807, 2.05) is 73.6 Å². The van der Waals surface area contributed by atoms with Gasteiger partial charge in [0.05, 0.1) is 25.9 Å². The molecule has 3 aromatic rings. The second-order valence-corrected chi connectivity index (χ2v) is 15.9. The van der Waals surface area contributed by atoms with Crippen LogP contribution in [0.4, 0.5) is 5.69 Å². The second kappa shape index (κ2) is 15.6. The van der Waals surface area contributed by atoms with Gasteiger partial charge in [0.1, 0.15) is 11.8 Å². The first-order chi connectivity index (χ1) is 24.8. The summed E-state index contributed by atoms with van der Waals surface area (Å²) in [6.45, 7) is 9.57. The van der Waals surface area contributed by atoms with Crippen LogP contribution in [0.3, 0.4) is 0 Å². The lowest BCUT2D eigenvalue weighted by Gasteiger charge is -2.62. The second-order valence-electron chi connectivity index (χ2n) is 15.9. The van der Waals surface area contributed by atoms with E-state index in [1.165, 1.54) is 6.42 Å². The number of methoxy groups -OCH3 is 1. The van der Waals surface area contributed by atoms with E-state index in [1.54, 1.807) is 19.1 Å². The van der Waals surface area contributed by atoms with Crippen LogP contribution in [0.15, 0.2) is 66.7 Å². The maximum Gasteiger partial charge on any atom is 0.251 e. The van der Waals surface area contributed by atoms with Gasteiger partial charge in [-0.1, -0.05) is 69.3 Å². The number of para-hydroxylation sites is 1. The van der Waals surface area contributed by atoms with E-state index in [2.05, 4.69) is 43.5 Å². The summed E-state index contributed by atoms with van der Waals surface area (Å²) in [5.41, 5.74) is 11.5. The van der Waals surface area contributed by atoms with Crippen molar-refractivity contribution in [2.75, 3.05) is 39.2 Å². The van der Waals surface area contributed by atoms with E-state index < -0.39 is 24.2 Å². The summed E-state index contributed by atoms with van der Waals surface area (Å²) in [5.74, 6) is 1.35. The van der Waals surface area contributed by atoms with E-state index >= 15 is 0 Å². The summed E-state index contributed by atoms with van der Waals surface area (Å²) in [7, 11) is 5.53. The Hall–Kier alpha value is -3.96. The van der Waals surface area contributed by atoms with Gasteiger partial charge in [0.25, 0.3) is 5.91 Å². The number of amides is 2. The number of nitrogens with two attached hydrogens (primary N) is 1. The zero-order valence-corrected chi connectivity index (χ0v) is 31.8. The molecule has 3 saturated carbocycles. The number of carbonyl (C=O) groups is 2. The number of nitrogens with zero attached hydrogens (tertiary/aromatic N) is 2. The molecule has 2 amide bonds. The standard InChI is InChI=1S/C42H57N5O5/c1-25-34-21-31(42(34,3)4)22-35(25)45-41(50)38-37(26(2)48)36(23-43)52-47(38)24-28-14-11-15-33(39(28)51-7)29-18-30(20-32(19-29)46(5)6)40(49)44-17-16-27-12-9-8-10-13-27/h8-15,18-20,25-26,31,34-38,48H,16-17,21-24,43H2,1-7H3,(H,44,49)(H,45,50)/t25-,26-,31+,34-,35?,36-,37+,38-/m0/s1. The predicted octanol–water partition coefficient (Wildman–Crippen LogP) is 5.03. The average Bonchev–Trinajstić information content (AvgIpc) is 3.51. The van der Waals surface area contributed by atoms with Gasteiger partial charge in [0, 0.05) is 61.5 Å².